The zero-order valence-corrected chi connectivity index (χ0v) is 16.7. The van der Waals surface area contributed by atoms with Crippen LogP contribution in [0.25, 0.3) is 0 Å². The number of nitrogens with two attached hydrogens (primary N) is 1. The molecule has 0 unspecified atom stereocenters. The summed E-state index contributed by atoms with van der Waals surface area (Å²) in [6.07, 6.45) is 8.19. The first-order valence-corrected chi connectivity index (χ1v) is 8.90. The van der Waals surface area contributed by atoms with E-state index >= 15 is 0 Å². The largest absolute Gasteiger partial charge is 0.370 e. The van der Waals surface area contributed by atoms with Crippen molar-refractivity contribution in [3.63, 3.8) is 0 Å². The van der Waals surface area contributed by atoms with Gasteiger partial charge in [0, 0.05) is 18.7 Å². The van der Waals surface area contributed by atoms with E-state index in [4.69, 9.17) is 5.73 Å². The zero-order valence-electron chi connectivity index (χ0n) is 14.4. The maximum absolute atomic E-state index is 6.11. The van der Waals surface area contributed by atoms with Gasteiger partial charge in [-0.25, -0.2) is 4.99 Å². The second-order valence-electron chi connectivity index (χ2n) is 6.62. The van der Waals surface area contributed by atoms with Crippen molar-refractivity contribution in [2.24, 2.45) is 10.7 Å². The van der Waals surface area contributed by atoms with Gasteiger partial charge in [-0.3, -0.25) is 0 Å². The summed E-state index contributed by atoms with van der Waals surface area (Å²) in [6, 6.07) is 6.40. The van der Waals surface area contributed by atoms with Crippen LogP contribution in [0.3, 0.4) is 0 Å². The maximum Gasteiger partial charge on any atom is 0.193 e. The molecule has 1 aliphatic carbocycles. The lowest BCUT2D eigenvalue weighted by Crippen LogP contribution is -2.24. The van der Waals surface area contributed by atoms with Gasteiger partial charge in [0.25, 0.3) is 0 Å². The number of anilines is 1. The summed E-state index contributed by atoms with van der Waals surface area (Å²) in [5, 5.41) is 11.8. The zero-order chi connectivity index (χ0) is 16.4. The van der Waals surface area contributed by atoms with Crippen molar-refractivity contribution in [1.82, 2.24) is 14.8 Å². The molecule has 1 aromatic heterocycles. The van der Waals surface area contributed by atoms with E-state index < -0.39 is 0 Å². The topological polar surface area (TPSA) is 81.1 Å². The molecular weight excluding hydrogens is 427 g/mol. The quantitative estimate of drug-likeness (QED) is 0.426. The van der Waals surface area contributed by atoms with Crippen molar-refractivity contribution in [2.75, 3.05) is 5.32 Å². The molecule has 0 atom stereocenters. The molecule has 0 spiro atoms. The Labute approximate surface area is 165 Å². The van der Waals surface area contributed by atoms with Crippen LogP contribution in [-0.2, 0) is 32.4 Å². The lowest BCUT2D eigenvalue weighted by Gasteiger charge is -2.19. The molecule has 1 aromatic carbocycles. The van der Waals surface area contributed by atoms with Crippen molar-refractivity contribution < 1.29 is 0 Å². The molecular formula is C18H25IN6. The molecule has 7 heteroatoms. The van der Waals surface area contributed by atoms with Crippen LogP contribution >= 0.6 is 24.0 Å². The smallest absolute Gasteiger partial charge is 0.193 e. The summed E-state index contributed by atoms with van der Waals surface area (Å²) < 4.78 is 2.19. The highest BCUT2D eigenvalue weighted by Crippen LogP contribution is 2.27. The van der Waals surface area contributed by atoms with Gasteiger partial charge in [0.1, 0.15) is 12.4 Å². The lowest BCUT2D eigenvalue weighted by molar-refractivity contribution is 0.508. The van der Waals surface area contributed by atoms with Gasteiger partial charge in [-0.1, -0.05) is 12.1 Å². The Hall–Kier alpha value is -1.64. The molecule has 0 saturated carbocycles. The molecule has 0 fully saturated rings. The van der Waals surface area contributed by atoms with Gasteiger partial charge in [-0.15, -0.1) is 34.2 Å². The van der Waals surface area contributed by atoms with Crippen LogP contribution in [0, 0.1) is 0 Å². The number of aliphatic imine (C=N–C) groups is 1. The van der Waals surface area contributed by atoms with E-state index in [0.717, 1.165) is 43.1 Å². The Morgan fingerprint density at radius 2 is 1.96 bits per heavy atom. The number of nitrogens with zero attached hydrogens (tertiary/aromatic N) is 4. The van der Waals surface area contributed by atoms with E-state index in [1.807, 2.05) is 0 Å². The van der Waals surface area contributed by atoms with Gasteiger partial charge in [0.2, 0.25) is 0 Å². The highest BCUT2D eigenvalue weighted by molar-refractivity contribution is 14.0. The minimum absolute atomic E-state index is 0. The number of aromatic nitrogens is 3. The molecule has 2 heterocycles. The Bertz CT molecular complexity index is 767. The first-order chi connectivity index (χ1) is 11.8. The van der Waals surface area contributed by atoms with Gasteiger partial charge >= 0.3 is 0 Å². The lowest BCUT2D eigenvalue weighted by atomic mass is 9.90. The second-order valence-corrected chi connectivity index (χ2v) is 6.62. The Kier molecular flexibility index (Phi) is 5.93. The molecule has 2 aliphatic rings. The van der Waals surface area contributed by atoms with E-state index in [9.17, 15) is 0 Å². The Balaban J connectivity index is 0.00000182. The number of hydrogen-bond acceptors (Lipinski definition) is 3. The standard InChI is InChI=1S/C18H24N6.HI/c19-18(20-12-17-23-22-16-10-3-4-11-24(16)17)21-15-9-5-7-13-6-1-2-8-14(13)15;/h5,7,9H,1-4,6,8,10-12H2,(H3,19,20,21);1H. The molecule has 0 radical (unpaired) electrons. The minimum atomic E-state index is 0. The fourth-order valence-electron chi connectivity index (χ4n) is 3.72. The van der Waals surface area contributed by atoms with Crippen LogP contribution in [0.15, 0.2) is 23.2 Å². The van der Waals surface area contributed by atoms with Gasteiger partial charge < -0.3 is 15.6 Å². The van der Waals surface area contributed by atoms with Crippen molar-refractivity contribution in [3.8, 4) is 0 Å². The maximum atomic E-state index is 6.11. The fourth-order valence-corrected chi connectivity index (χ4v) is 3.72. The molecule has 3 N–H and O–H groups in total. The van der Waals surface area contributed by atoms with Crippen molar-refractivity contribution in [3.05, 3.63) is 41.0 Å². The van der Waals surface area contributed by atoms with Crippen molar-refractivity contribution in [1.29, 1.82) is 0 Å². The van der Waals surface area contributed by atoms with Crippen LogP contribution in [-0.4, -0.2) is 20.7 Å². The third-order valence-corrected chi connectivity index (χ3v) is 4.99. The molecule has 6 nitrogen and oxygen atoms in total. The number of fused-ring (bicyclic) bond motifs is 2. The number of rotatable bonds is 3. The average molecular weight is 452 g/mol. The van der Waals surface area contributed by atoms with Crippen LogP contribution in [0.5, 0.6) is 0 Å². The minimum Gasteiger partial charge on any atom is -0.370 e. The van der Waals surface area contributed by atoms with E-state index in [1.165, 1.54) is 36.8 Å². The van der Waals surface area contributed by atoms with E-state index in [2.05, 4.69) is 43.3 Å². The van der Waals surface area contributed by atoms with Crippen LogP contribution in [0.4, 0.5) is 5.69 Å². The summed E-state index contributed by atoms with van der Waals surface area (Å²) in [6.45, 7) is 1.47. The van der Waals surface area contributed by atoms with Gasteiger partial charge in [-0.2, -0.15) is 0 Å². The first kappa shape index (κ1) is 18.2. The van der Waals surface area contributed by atoms with E-state index in [1.54, 1.807) is 0 Å². The molecule has 25 heavy (non-hydrogen) atoms. The predicted octanol–water partition coefficient (Wildman–Crippen LogP) is 3.04. The molecule has 0 bridgehead atoms. The summed E-state index contributed by atoms with van der Waals surface area (Å²) >= 11 is 0. The second kappa shape index (κ2) is 8.16. The Morgan fingerprint density at radius 1 is 1.12 bits per heavy atom. The highest BCUT2D eigenvalue weighted by Gasteiger charge is 2.16. The summed E-state index contributed by atoms with van der Waals surface area (Å²) in [4.78, 5) is 4.48. The fraction of sp³-hybridized carbons (Fsp3) is 0.500. The number of nitrogens with one attached hydrogen (secondary N) is 1. The van der Waals surface area contributed by atoms with Crippen LogP contribution < -0.4 is 11.1 Å². The van der Waals surface area contributed by atoms with Gasteiger partial charge in [0.05, 0.1) is 0 Å². The van der Waals surface area contributed by atoms with Gasteiger partial charge in [0.15, 0.2) is 11.8 Å². The SMILES string of the molecule is I.NC(=NCc1nnc2n1CCCC2)Nc1cccc2c1CCCC2. The van der Waals surface area contributed by atoms with E-state index in [-0.39, 0.29) is 24.0 Å². The molecule has 4 rings (SSSR count). The molecule has 2 aromatic rings. The number of benzene rings is 1. The van der Waals surface area contributed by atoms with Crippen molar-refractivity contribution in [2.45, 2.75) is 58.0 Å². The van der Waals surface area contributed by atoms with Crippen LogP contribution in [0.2, 0.25) is 0 Å². The summed E-state index contributed by atoms with van der Waals surface area (Å²) in [5.74, 6) is 2.43. The number of aryl methyl sites for hydroxylation is 2. The van der Waals surface area contributed by atoms with Gasteiger partial charge in [-0.05, 0) is 55.7 Å². The first-order valence-electron chi connectivity index (χ1n) is 8.90. The molecule has 0 saturated heterocycles. The number of halogens is 1. The number of guanidine groups is 1. The third kappa shape index (κ3) is 3.96. The summed E-state index contributed by atoms with van der Waals surface area (Å²) in [7, 11) is 0. The Morgan fingerprint density at radius 3 is 2.88 bits per heavy atom. The third-order valence-electron chi connectivity index (χ3n) is 4.99. The predicted molar refractivity (Wildman–Crippen MR) is 110 cm³/mol. The molecule has 1 aliphatic heterocycles. The molecule has 134 valence electrons. The normalized spacial score (nSPS) is 16.6. The van der Waals surface area contributed by atoms with Crippen molar-refractivity contribution >= 4 is 35.6 Å². The average Bonchev–Trinajstić information content (AvgIpc) is 3.04. The number of hydrogen-bond donors (Lipinski definition) is 2. The van der Waals surface area contributed by atoms with Crippen LogP contribution in [0.1, 0.15) is 48.5 Å². The summed E-state index contributed by atoms with van der Waals surface area (Å²) in [5.41, 5.74) is 10.0. The monoisotopic (exact) mass is 452 g/mol. The highest BCUT2D eigenvalue weighted by atomic mass is 127. The van der Waals surface area contributed by atoms with E-state index in [0.29, 0.717) is 12.5 Å². The molecule has 0 amide bonds.